The second-order valence-electron chi connectivity index (χ2n) is 0. The van der Waals surface area contributed by atoms with E-state index in [9.17, 15) is 0 Å². The van der Waals surface area contributed by atoms with Crippen molar-refractivity contribution in [1.29, 1.82) is 0 Å². The van der Waals surface area contributed by atoms with Crippen LogP contribution in [0.2, 0.25) is 0 Å². The van der Waals surface area contributed by atoms with Gasteiger partial charge in [0.25, 0.3) is 0 Å². The maximum absolute atomic E-state index is 0. The molecule has 0 radical (unpaired) electrons. The fourth-order valence-corrected chi connectivity index (χ4v) is 0. The fraction of sp³-hybridized carbons (Fsp3) is 0. The molecular formula is H6P2S3-6. The molecule has 0 saturated heterocycles. The lowest BCUT2D eigenvalue weighted by Crippen LogP contribution is -0.00340. The Kier molecular flexibility index (Phi) is 517. The molecule has 0 nitrogen and oxygen atoms in total. The largest absolute Gasteiger partial charge is 2.00 e. The van der Waals surface area contributed by atoms with E-state index in [1.807, 2.05) is 0 Å². The Morgan fingerprint density at radius 3 is 0.400 bits per heavy atom. The van der Waals surface area contributed by atoms with Crippen LogP contribution in [0.3, 0.4) is 0 Å². The first-order valence-electron chi connectivity index (χ1n) is 0. The molecule has 2 atom stereocenters. The molecule has 0 amide bonds. The van der Waals surface area contributed by atoms with Crippen molar-refractivity contribution in [2.24, 2.45) is 0 Å². The van der Waals surface area contributed by atoms with Gasteiger partial charge in [0, 0.05) is 0 Å². The Morgan fingerprint density at radius 1 is 0.400 bits per heavy atom. The molecular weight excluding hydrogens is 158 g/mol. The molecule has 2 unspecified atom stereocenters. The van der Waals surface area contributed by atoms with Crippen LogP contribution in [-0.2, 0) is 40.5 Å². The summed E-state index contributed by atoms with van der Waals surface area (Å²) in [5.41, 5.74) is 0. The molecule has 0 N–H and O–H groups in total. The molecule has 5 heteroatoms. The summed E-state index contributed by atoms with van der Waals surface area (Å²) in [7, 11) is 0. The molecule has 0 aromatic carbocycles. The molecule has 0 saturated carbocycles. The van der Waals surface area contributed by atoms with Crippen LogP contribution < -0.4 is 0 Å². The van der Waals surface area contributed by atoms with Gasteiger partial charge in [-0.2, -0.15) is 19.8 Å². The first kappa shape index (κ1) is 66.2. The third-order valence-corrected chi connectivity index (χ3v) is 0. The highest BCUT2D eigenvalue weighted by Gasteiger charge is -0.152. The summed E-state index contributed by atoms with van der Waals surface area (Å²) in [6, 6.07) is 0. The summed E-state index contributed by atoms with van der Waals surface area (Å²) in [6.45, 7) is 0. The third kappa shape index (κ3) is 24.8. The van der Waals surface area contributed by atoms with Crippen LogP contribution in [0.1, 0.15) is 0 Å². The van der Waals surface area contributed by atoms with Gasteiger partial charge >= 0.3 is 0 Å². The van der Waals surface area contributed by atoms with Gasteiger partial charge in [-0.1, -0.05) is 0 Å². The summed E-state index contributed by atoms with van der Waals surface area (Å²) in [5, 5.41) is 0. The van der Waals surface area contributed by atoms with Crippen LogP contribution in [0.25, 0.3) is 0 Å². The van der Waals surface area contributed by atoms with Crippen LogP contribution >= 0.6 is 19.8 Å². The molecule has 0 aliphatic heterocycles. The molecule has 0 aromatic heterocycles. The molecule has 0 rings (SSSR count). The van der Waals surface area contributed by atoms with E-state index in [4.69, 9.17) is 0 Å². The van der Waals surface area contributed by atoms with E-state index >= 15 is 0 Å². The summed E-state index contributed by atoms with van der Waals surface area (Å²) < 4.78 is 0. The Hall–Kier alpha value is 1.91. The molecule has 0 aromatic rings. The number of rotatable bonds is 0. The summed E-state index contributed by atoms with van der Waals surface area (Å²) in [5.74, 6) is 0. The zero-order valence-electron chi connectivity index (χ0n) is 2.64. The molecule has 0 fully saturated rings. The van der Waals surface area contributed by atoms with Crippen LogP contribution in [0.5, 0.6) is 0 Å². The van der Waals surface area contributed by atoms with Gasteiger partial charge in [0.1, 0.15) is 0 Å². The molecule has 0 bridgehead atoms. The SMILES string of the molecule is P.P.[S-2].[S-2].[S-2]. The van der Waals surface area contributed by atoms with E-state index in [-0.39, 0.29) is 60.3 Å². The van der Waals surface area contributed by atoms with E-state index < -0.39 is 0 Å². The Labute approximate surface area is 60.4 Å². The molecule has 0 aliphatic rings. The van der Waals surface area contributed by atoms with Gasteiger partial charge in [-0.05, 0) is 0 Å². The lowest BCUT2D eigenvalue weighted by atomic mass is 31.0. The second kappa shape index (κ2) is 39.1. The highest BCUT2D eigenvalue weighted by atomic mass is 32.1. The first-order valence-corrected chi connectivity index (χ1v) is 0. The lowest BCUT2D eigenvalue weighted by Gasteiger charge is -2.00. The van der Waals surface area contributed by atoms with Crippen LogP contribution in [0, 0.1) is 0 Å². The van der Waals surface area contributed by atoms with Crippen LogP contribution in [0.4, 0.5) is 0 Å². The minimum absolute atomic E-state index is 0. The Bertz CT molecular complexity index is 4.85. The second-order valence-corrected chi connectivity index (χ2v) is 0. The predicted octanol–water partition coefficient (Wildman–Crippen LogP) is 0.109. The number of hydrogen-bond acceptors (Lipinski definition) is 0. The Morgan fingerprint density at radius 2 is 0.400 bits per heavy atom. The average molecular weight is 164 g/mol. The smallest absolute Gasteiger partial charge is 0.153 e. The van der Waals surface area contributed by atoms with Gasteiger partial charge in [0.15, 0.2) is 0 Å². The predicted molar refractivity (Wildman–Crippen MR) is 44.3 cm³/mol. The Balaban J connectivity index is 0. The van der Waals surface area contributed by atoms with Gasteiger partial charge in [-0.15, -0.1) is 0 Å². The van der Waals surface area contributed by atoms with Crippen molar-refractivity contribution in [3.8, 4) is 0 Å². The van der Waals surface area contributed by atoms with E-state index in [0.717, 1.165) is 0 Å². The van der Waals surface area contributed by atoms with Crippen molar-refractivity contribution in [3.05, 3.63) is 0 Å². The molecule has 0 aliphatic carbocycles. The summed E-state index contributed by atoms with van der Waals surface area (Å²) in [6.07, 6.45) is 0. The minimum Gasteiger partial charge on any atom is -2.00 e. The standard InChI is InChI=1S/2H3P.3S/h2*1H3;;;/q;;3*-2. The minimum atomic E-state index is 0. The molecule has 0 spiro atoms. The first-order chi connectivity index (χ1) is 0. The quantitative estimate of drug-likeness (QED) is 0.446. The molecule has 0 heterocycles. The third-order valence-electron chi connectivity index (χ3n) is 0. The summed E-state index contributed by atoms with van der Waals surface area (Å²) >= 11 is 0. The highest BCUT2D eigenvalue weighted by Crippen LogP contribution is 0.862. The van der Waals surface area contributed by atoms with E-state index in [0.29, 0.717) is 0 Å². The van der Waals surface area contributed by atoms with Gasteiger partial charge in [-0.25, -0.2) is 0 Å². The van der Waals surface area contributed by atoms with Gasteiger partial charge < -0.3 is 40.5 Å². The van der Waals surface area contributed by atoms with Crippen molar-refractivity contribution < 1.29 is 0 Å². The highest BCUT2D eigenvalue weighted by molar-refractivity contribution is 7.37. The maximum Gasteiger partial charge on any atom is -0.153 e. The zero-order chi connectivity index (χ0) is 0. The molecule has 40 valence electrons. The summed E-state index contributed by atoms with van der Waals surface area (Å²) in [4.78, 5) is 0. The fourth-order valence-electron chi connectivity index (χ4n) is 0. The monoisotopic (exact) mass is 164 g/mol. The van der Waals surface area contributed by atoms with Crippen molar-refractivity contribution in [2.45, 2.75) is 0 Å². The van der Waals surface area contributed by atoms with Crippen molar-refractivity contribution in [1.82, 2.24) is 0 Å². The lowest BCUT2D eigenvalue weighted by molar-refractivity contribution is 6.92. The zero-order valence-corrected chi connectivity index (χ0v) is 7.92. The normalized spacial score (nSPS) is 0. The van der Waals surface area contributed by atoms with Crippen LogP contribution in [-0.4, -0.2) is 0 Å². The van der Waals surface area contributed by atoms with Gasteiger partial charge in [-0.3, -0.25) is 0 Å². The number of hydrogen-bond donors (Lipinski definition) is 0. The van der Waals surface area contributed by atoms with Crippen molar-refractivity contribution >= 4 is 60.3 Å². The van der Waals surface area contributed by atoms with Crippen molar-refractivity contribution in [2.75, 3.05) is 0 Å². The van der Waals surface area contributed by atoms with Gasteiger partial charge in [0.2, 0.25) is 0 Å². The topological polar surface area (TPSA) is 0 Å². The van der Waals surface area contributed by atoms with Crippen LogP contribution in [0.15, 0.2) is 0 Å². The molecule has 5 heavy (non-hydrogen) atoms. The van der Waals surface area contributed by atoms with Crippen molar-refractivity contribution in [3.63, 3.8) is 0 Å². The van der Waals surface area contributed by atoms with E-state index in [2.05, 4.69) is 0 Å². The van der Waals surface area contributed by atoms with Gasteiger partial charge in [0.05, 0.1) is 0 Å². The van der Waals surface area contributed by atoms with E-state index in [1.165, 1.54) is 0 Å². The maximum atomic E-state index is 0. The van der Waals surface area contributed by atoms with E-state index in [1.54, 1.807) is 0 Å². The average Bonchev–Trinajstić information content (AvgIpc) is 0.